The number of amides is 1. The number of esters is 1. The van der Waals surface area contributed by atoms with E-state index in [1.807, 2.05) is 30.3 Å². The first-order valence-corrected chi connectivity index (χ1v) is 6.38. The summed E-state index contributed by atoms with van der Waals surface area (Å²) >= 11 is 1.45. The van der Waals surface area contributed by atoms with Crippen LogP contribution in [0.15, 0.2) is 35.2 Å². The number of rotatable bonds is 4. The second-order valence-electron chi connectivity index (χ2n) is 3.68. The molecule has 5 heteroatoms. The van der Waals surface area contributed by atoms with Crippen molar-refractivity contribution in [1.82, 2.24) is 5.32 Å². The molecule has 0 spiro atoms. The molecule has 1 aromatic rings. The third-order valence-corrected chi connectivity index (χ3v) is 3.40. The first-order valence-electron chi connectivity index (χ1n) is 5.39. The predicted octanol–water partition coefficient (Wildman–Crippen LogP) is 1.21. The van der Waals surface area contributed by atoms with Crippen LogP contribution in [0.5, 0.6) is 0 Å². The Labute approximate surface area is 104 Å². The number of ether oxygens (including phenoxy) is 1. The SMILES string of the molecule is O=C(CSc1ccccc1)N[C@H]1CCOC1=O. The van der Waals surface area contributed by atoms with Gasteiger partial charge in [0.1, 0.15) is 6.04 Å². The van der Waals surface area contributed by atoms with Crippen LogP contribution < -0.4 is 5.32 Å². The Balaban J connectivity index is 1.76. The van der Waals surface area contributed by atoms with Gasteiger partial charge in [0.15, 0.2) is 0 Å². The maximum absolute atomic E-state index is 11.6. The maximum Gasteiger partial charge on any atom is 0.328 e. The molecule has 1 aliphatic rings. The first kappa shape index (κ1) is 12.0. The first-order chi connectivity index (χ1) is 8.25. The summed E-state index contributed by atoms with van der Waals surface area (Å²) < 4.78 is 4.77. The molecular formula is C12H13NO3S. The molecule has 1 amide bonds. The van der Waals surface area contributed by atoms with E-state index in [0.717, 1.165) is 4.90 Å². The molecule has 0 radical (unpaired) electrons. The van der Waals surface area contributed by atoms with Crippen molar-refractivity contribution in [2.75, 3.05) is 12.4 Å². The molecule has 90 valence electrons. The number of hydrogen-bond donors (Lipinski definition) is 1. The predicted molar refractivity (Wildman–Crippen MR) is 64.7 cm³/mol. The van der Waals surface area contributed by atoms with E-state index in [1.54, 1.807) is 0 Å². The monoisotopic (exact) mass is 251 g/mol. The number of benzene rings is 1. The Hall–Kier alpha value is -1.49. The Morgan fingerprint density at radius 3 is 2.82 bits per heavy atom. The van der Waals surface area contributed by atoms with Gasteiger partial charge < -0.3 is 10.1 Å². The van der Waals surface area contributed by atoms with Crippen LogP contribution >= 0.6 is 11.8 Å². The molecule has 1 aromatic carbocycles. The van der Waals surface area contributed by atoms with Crippen molar-refractivity contribution in [3.05, 3.63) is 30.3 Å². The van der Waals surface area contributed by atoms with Gasteiger partial charge in [-0.25, -0.2) is 4.79 Å². The van der Waals surface area contributed by atoms with Crippen molar-refractivity contribution in [1.29, 1.82) is 0 Å². The molecule has 1 saturated heterocycles. The summed E-state index contributed by atoms with van der Waals surface area (Å²) in [4.78, 5) is 23.8. The molecular weight excluding hydrogens is 238 g/mol. The molecule has 1 aliphatic heterocycles. The molecule has 0 saturated carbocycles. The van der Waals surface area contributed by atoms with E-state index >= 15 is 0 Å². The van der Waals surface area contributed by atoms with Crippen molar-refractivity contribution in [3.8, 4) is 0 Å². The fraction of sp³-hybridized carbons (Fsp3) is 0.333. The van der Waals surface area contributed by atoms with Gasteiger partial charge in [-0.2, -0.15) is 0 Å². The molecule has 0 aliphatic carbocycles. The van der Waals surface area contributed by atoms with Crippen LogP contribution in [0, 0.1) is 0 Å². The Kier molecular flexibility index (Phi) is 4.03. The van der Waals surface area contributed by atoms with E-state index < -0.39 is 6.04 Å². The largest absolute Gasteiger partial charge is 0.464 e. The highest BCUT2D eigenvalue weighted by molar-refractivity contribution is 8.00. The highest BCUT2D eigenvalue weighted by Gasteiger charge is 2.27. The fourth-order valence-electron chi connectivity index (χ4n) is 1.53. The van der Waals surface area contributed by atoms with Crippen LogP contribution in [-0.2, 0) is 14.3 Å². The molecule has 4 nitrogen and oxygen atoms in total. The van der Waals surface area contributed by atoms with Crippen molar-refractivity contribution in [2.45, 2.75) is 17.4 Å². The molecule has 1 heterocycles. The highest BCUT2D eigenvalue weighted by Crippen LogP contribution is 2.16. The Morgan fingerprint density at radius 1 is 1.41 bits per heavy atom. The van der Waals surface area contributed by atoms with E-state index in [9.17, 15) is 9.59 Å². The van der Waals surface area contributed by atoms with Gasteiger partial charge in [-0.05, 0) is 12.1 Å². The van der Waals surface area contributed by atoms with Crippen molar-refractivity contribution < 1.29 is 14.3 Å². The number of hydrogen-bond acceptors (Lipinski definition) is 4. The summed E-state index contributed by atoms with van der Waals surface area (Å²) in [6.07, 6.45) is 0.570. The Morgan fingerprint density at radius 2 is 2.18 bits per heavy atom. The Bertz CT molecular complexity index is 407. The van der Waals surface area contributed by atoms with E-state index in [0.29, 0.717) is 18.8 Å². The molecule has 1 fully saturated rings. The summed E-state index contributed by atoms with van der Waals surface area (Å²) in [6.45, 7) is 0.398. The third-order valence-electron chi connectivity index (χ3n) is 2.38. The summed E-state index contributed by atoms with van der Waals surface area (Å²) in [7, 11) is 0. The van der Waals surface area contributed by atoms with E-state index in [2.05, 4.69) is 5.32 Å². The second kappa shape index (κ2) is 5.72. The summed E-state index contributed by atoms with van der Waals surface area (Å²) in [5, 5.41) is 2.66. The average Bonchev–Trinajstić information content (AvgIpc) is 2.74. The molecule has 2 rings (SSSR count). The number of carbonyl (C=O) groups excluding carboxylic acids is 2. The summed E-state index contributed by atoms with van der Waals surface area (Å²) in [5.74, 6) is -0.154. The lowest BCUT2D eigenvalue weighted by Gasteiger charge is -2.08. The smallest absolute Gasteiger partial charge is 0.328 e. The minimum Gasteiger partial charge on any atom is -0.464 e. The van der Waals surface area contributed by atoms with Gasteiger partial charge in [0, 0.05) is 11.3 Å². The lowest BCUT2D eigenvalue weighted by Crippen LogP contribution is -2.38. The van der Waals surface area contributed by atoms with Crippen LogP contribution in [0.25, 0.3) is 0 Å². The van der Waals surface area contributed by atoms with Crippen LogP contribution in [0.3, 0.4) is 0 Å². The van der Waals surface area contributed by atoms with Crippen molar-refractivity contribution in [2.24, 2.45) is 0 Å². The quantitative estimate of drug-likeness (QED) is 0.645. The lowest BCUT2D eigenvalue weighted by atomic mass is 10.2. The van der Waals surface area contributed by atoms with Gasteiger partial charge in [-0.15, -0.1) is 11.8 Å². The lowest BCUT2D eigenvalue weighted by molar-refractivity contribution is -0.141. The van der Waals surface area contributed by atoms with Crippen molar-refractivity contribution >= 4 is 23.6 Å². The normalized spacial score (nSPS) is 18.8. The number of thioether (sulfide) groups is 1. The van der Waals surface area contributed by atoms with Crippen LogP contribution in [0.1, 0.15) is 6.42 Å². The van der Waals surface area contributed by atoms with Crippen LogP contribution in [0.4, 0.5) is 0 Å². The minimum absolute atomic E-state index is 0.136. The fourth-order valence-corrected chi connectivity index (χ4v) is 2.26. The molecule has 1 N–H and O–H groups in total. The van der Waals surface area contributed by atoms with Gasteiger partial charge in [0.05, 0.1) is 12.4 Å². The van der Waals surface area contributed by atoms with Crippen molar-refractivity contribution in [3.63, 3.8) is 0 Å². The summed E-state index contributed by atoms with van der Waals surface area (Å²) in [6, 6.07) is 9.21. The van der Waals surface area contributed by atoms with E-state index in [1.165, 1.54) is 11.8 Å². The van der Waals surface area contributed by atoms with Crippen LogP contribution in [0.2, 0.25) is 0 Å². The molecule has 17 heavy (non-hydrogen) atoms. The van der Waals surface area contributed by atoms with Crippen LogP contribution in [-0.4, -0.2) is 30.3 Å². The van der Waals surface area contributed by atoms with E-state index in [-0.39, 0.29) is 11.9 Å². The zero-order chi connectivity index (χ0) is 12.1. The highest BCUT2D eigenvalue weighted by atomic mass is 32.2. The van der Waals surface area contributed by atoms with Gasteiger partial charge in [0.2, 0.25) is 5.91 Å². The topological polar surface area (TPSA) is 55.4 Å². The second-order valence-corrected chi connectivity index (χ2v) is 4.73. The number of cyclic esters (lactones) is 1. The zero-order valence-corrected chi connectivity index (χ0v) is 10.0. The number of carbonyl (C=O) groups is 2. The zero-order valence-electron chi connectivity index (χ0n) is 9.22. The van der Waals surface area contributed by atoms with Gasteiger partial charge >= 0.3 is 5.97 Å². The summed E-state index contributed by atoms with van der Waals surface area (Å²) in [5.41, 5.74) is 0. The average molecular weight is 251 g/mol. The van der Waals surface area contributed by atoms with Gasteiger partial charge in [-0.3, -0.25) is 4.79 Å². The standard InChI is InChI=1S/C12H13NO3S/c14-11(13-10-6-7-16-12(10)15)8-17-9-4-2-1-3-5-9/h1-5,10H,6-8H2,(H,13,14)/t10-/m0/s1. The van der Waals surface area contributed by atoms with Gasteiger partial charge in [-0.1, -0.05) is 18.2 Å². The molecule has 0 aromatic heterocycles. The maximum atomic E-state index is 11.6. The van der Waals surface area contributed by atoms with Gasteiger partial charge in [0.25, 0.3) is 0 Å². The third kappa shape index (κ3) is 3.49. The van der Waals surface area contributed by atoms with E-state index in [4.69, 9.17) is 4.74 Å². The molecule has 1 atom stereocenters. The molecule has 0 bridgehead atoms. The minimum atomic E-state index is -0.459. The molecule has 0 unspecified atom stereocenters. The number of nitrogens with one attached hydrogen (secondary N) is 1.